The maximum absolute atomic E-state index is 11.4. The number of alkyl carbamates (subject to hydrolysis) is 1. The largest absolute Gasteiger partial charge is 0.444 e. The van der Waals surface area contributed by atoms with Gasteiger partial charge >= 0.3 is 6.09 Å². The summed E-state index contributed by atoms with van der Waals surface area (Å²) in [7, 11) is 0. The van der Waals surface area contributed by atoms with Crippen LogP contribution in [0.15, 0.2) is 5.38 Å². The smallest absolute Gasteiger partial charge is 0.407 e. The van der Waals surface area contributed by atoms with Gasteiger partial charge in [-0.25, -0.2) is 9.78 Å². The number of carbonyl (C=O) groups excluding carboxylic acids is 1. The Morgan fingerprint density at radius 3 is 2.68 bits per heavy atom. The van der Waals surface area contributed by atoms with E-state index in [9.17, 15) is 4.79 Å². The highest BCUT2D eigenvalue weighted by Crippen LogP contribution is 2.16. The number of amides is 1. The van der Waals surface area contributed by atoms with Crippen molar-refractivity contribution in [2.75, 3.05) is 13.1 Å². The normalized spacial score (nSPS) is 13.1. The molecule has 0 spiro atoms. The van der Waals surface area contributed by atoms with Gasteiger partial charge in [-0.1, -0.05) is 0 Å². The molecular formula is C13H23N3O2S. The van der Waals surface area contributed by atoms with Gasteiger partial charge in [0.25, 0.3) is 0 Å². The van der Waals surface area contributed by atoms with Crippen molar-refractivity contribution in [1.29, 1.82) is 0 Å². The minimum Gasteiger partial charge on any atom is -0.444 e. The van der Waals surface area contributed by atoms with Gasteiger partial charge in [0.1, 0.15) is 10.6 Å². The van der Waals surface area contributed by atoms with Crippen LogP contribution in [0, 0.1) is 6.92 Å². The van der Waals surface area contributed by atoms with Gasteiger partial charge in [0.15, 0.2) is 0 Å². The lowest BCUT2D eigenvalue weighted by molar-refractivity contribution is 0.0528. The molecule has 1 heterocycles. The highest BCUT2D eigenvalue weighted by Gasteiger charge is 2.15. The van der Waals surface area contributed by atoms with Gasteiger partial charge in [-0.2, -0.15) is 0 Å². The Kier molecular flexibility index (Phi) is 5.75. The van der Waals surface area contributed by atoms with Gasteiger partial charge in [-0.15, -0.1) is 11.3 Å². The molecule has 0 aromatic carbocycles. The molecule has 1 amide bonds. The molecule has 1 aromatic rings. The summed E-state index contributed by atoms with van der Waals surface area (Å²) in [6.45, 7) is 10.8. The number of aromatic nitrogens is 1. The van der Waals surface area contributed by atoms with Crippen LogP contribution < -0.4 is 10.6 Å². The SMILES string of the molecule is Cc1csc(C(C)NCCNC(=O)OC(C)(C)C)n1. The Morgan fingerprint density at radius 2 is 2.16 bits per heavy atom. The van der Waals surface area contributed by atoms with Crippen molar-refractivity contribution in [3.8, 4) is 0 Å². The Balaban J connectivity index is 2.19. The summed E-state index contributed by atoms with van der Waals surface area (Å²) in [5, 5.41) is 9.12. The fraction of sp³-hybridized carbons (Fsp3) is 0.692. The number of carbonyl (C=O) groups is 1. The molecule has 0 aliphatic heterocycles. The van der Waals surface area contributed by atoms with E-state index in [4.69, 9.17) is 4.74 Å². The minimum atomic E-state index is -0.455. The van der Waals surface area contributed by atoms with Crippen molar-refractivity contribution in [3.63, 3.8) is 0 Å². The Bertz CT molecular complexity index is 412. The van der Waals surface area contributed by atoms with E-state index in [0.29, 0.717) is 13.1 Å². The highest BCUT2D eigenvalue weighted by atomic mass is 32.1. The number of hydrogen-bond acceptors (Lipinski definition) is 5. The van der Waals surface area contributed by atoms with Gasteiger partial charge < -0.3 is 15.4 Å². The molecule has 6 heteroatoms. The first-order chi connectivity index (χ1) is 8.78. The molecule has 0 saturated heterocycles. The summed E-state index contributed by atoms with van der Waals surface area (Å²) in [6.07, 6.45) is -0.382. The lowest BCUT2D eigenvalue weighted by Gasteiger charge is -2.20. The first-order valence-electron chi connectivity index (χ1n) is 6.40. The fourth-order valence-electron chi connectivity index (χ4n) is 1.43. The summed E-state index contributed by atoms with van der Waals surface area (Å²) in [4.78, 5) is 15.8. The van der Waals surface area contributed by atoms with E-state index in [-0.39, 0.29) is 12.1 Å². The molecule has 0 saturated carbocycles. The summed E-state index contributed by atoms with van der Waals surface area (Å²) >= 11 is 1.64. The predicted octanol–water partition coefficient (Wildman–Crippen LogP) is 2.63. The molecule has 1 aromatic heterocycles. The molecule has 1 atom stereocenters. The van der Waals surface area contributed by atoms with Crippen LogP contribution in [0.3, 0.4) is 0 Å². The van der Waals surface area contributed by atoms with E-state index in [1.54, 1.807) is 11.3 Å². The summed E-state index contributed by atoms with van der Waals surface area (Å²) in [6, 6.07) is 0.194. The van der Waals surface area contributed by atoms with Crippen molar-refractivity contribution >= 4 is 17.4 Å². The zero-order valence-electron chi connectivity index (χ0n) is 12.2. The summed E-state index contributed by atoms with van der Waals surface area (Å²) < 4.78 is 5.14. The lowest BCUT2D eigenvalue weighted by atomic mass is 10.2. The molecule has 108 valence electrons. The van der Waals surface area contributed by atoms with Crippen LogP contribution >= 0.6 is 11.3 Å². The van der Waals surface area contributed by atoms with Crippen molar-refractivity contribution in [2.24, 2.45) is 0 Å². The third kappa shape index (κ3) is 6.54. The van der Waals surface area contributed by atoms with Crippen molar-refractivity contribution in [1.82, 2.24) is 15.6 Å². The van der Waals surface area contributed by atoms with Gasteiger partial charge in [-0.05, 0) is 34.6 Å². The minimum absolute atomic E-state index is 0.194. The van der Waals surface area contributed by atoms with Crippen LogP contribution in [0.4, 0.5) is 4.79 Å². The number of aryl methyl sites for hydroxylation is 1. The summed E-state index contributed by atoms with van der Waals surface area (Å²) in [5.41, 5.74) is 0.587. The summed E-state index contributed by atoms with van der Waals surface area (Å²) in [5.74, 6) is 0. The van der Waals surface area contributed by atoms with Gasteiger partial charge in [0.2, 0.25) is 0 Å². The van der Waals surface area contributed by atoms with E-state index < -0.39 is 5.60 Å². The second-order valence-electron chi connectivity index (χ2n) is 5.43. The Morgan fingerprint density at radius 1 is 1.47 bits per heavy atom. The molecule has 0 aliphatic rings. The van der Waals surface area contributed by atoms with E-state index in [1.165, 1.54) is 0 Å². The van der Waals surface area contributed by atoms with Crippen LogP contribution in [0.2, 0.25) is 0 Å². The number of thiazole rings is 1. The standard InChI is InChI=1S/C13H23N3O2S/c1-9-8-19-11(16-9)10(2)14-6-7-15-12(17)18-13(3,4)5/h8,10,14H,6-7H2,1-5H3,(H,15,17). The average molecular weight is 285 g/mol. The van der Waals surface area contributed by atoms with E-state index in [2.05, 4.69) is 22.5 Å². The third-order valence-electron chi connectivity index (χ3n) is 2.25. The number of nitrogens with zero attached hydrogens (tertiary/aromatic N) is 1. The van der Waals surface area contributed by atoms with Gasteiger partial charge in [-0.3, -0.25) is 0 Å². The molecule has 0 aliphatic carbocycles. The molecule has 0 fully saturated rings. The first-order valence-corrected chi connectivity index (χ1v) is 7.28. The number of rotatable bonds is 5. The molecule has 1 rings (SSSR count). The van der Waals surface area contributed by atoms with E-state index in [1.807, 2.05) is 33.1 Å². The van der Waals surface area contributed by atoms with Crippen LogP contribution in [0.25, 0.3) is 0 Å². The van der Waals surface area contributed by atoms with E-state index in [0.717, 1.165) is 10.7 Å². The van der Waals surface area contributed by atoms with Crippen molar-refractivity contribution in [3.05, 3.63) is 16.1 Å². The lowest BCUT2D eigenvalue weighted by Crippen LogP contribution is -2.36. The number of nitrogens with one attached hydrogen (secondary N) is 2. The molecule has 19 heavy (non-hydrogen) atoms. The van der Waals surface area contributed by atoms with E-state index >= 15 is 0 Å². The second kappa shape index (κ2) is 6.86. The van der Waals surface area contributed by atoms with Crippen LogP contribution in [-0.2, 0) is 4.74 Å². The molecule has 1 unspecified atom stereocenters. The Labute approximate surface area is 118 Å². The van der Waals surface area contributed by atoms with Gasteiger partial charge in [0, 0.05) is 24.2 Å². The van der Waals surface area contributed by atoms with Crippen LogP contribution in [0.1, 0.15) is 44.4 Å². The maximum Gasteiger partial charge on any atom is 0.407 e. The molecule has 5 nitrogen and oxygen atoms in total. The maximum atomic E-state index is 11.4. The molecular weight excluding hydrogens is 262 g/mol. The monoisotopic (exact) mass is 285 g/mol. The quantitative estimate of drug-likeness (QED) is 0.816. The zero-order chi connectivity index (χ0) is 14.5. The first kappa shape index (κ1) is 15.9. The van der Waals surface area contributed by atoms with Gasteiger partial charge in [0.05, 0.1) is 6.04 Å². The molecule has 0 bridgehead atoms. The van der Waals surface area contributed by atoms with Crippen LogP contribution in [0.5, 0.6) is 0 Å². The number of ether oxygens (including phenoxy) is 1. The van der Waals surface area contributed by atoms with Crippen molar-refractivity contribution in [2.45, 2.75) is 46.3 Å². The molecule has 0 radical (unpaired) electrons. The zero-order valence-corrected chi connectivity index (χ0v) is 13.1. The number of hydrogen-bond donors (Lipinski definition) is 2. The predicted molar refractivity (Wildman–Crippen MR) is 77.5 cm³/mol. The molecule has 2 N–H and O–H groups in total. The Hall–Kier alpha value is -1.14. The highest BCUT2D eigenvalue weighted by molar-refractivity contribution is 7.09. The topological polar surface area (TPSA) is 63.2 Å². The third-order valence-corrected chi connectivity index (χ3v) is 3.40. The van der Waals surface area contributed by atoms with Crippen LogP contribution in [-0.4, -0.2) is 29.8 Å². The average Bonchev–Trinajstić information content (AvgIpc) is 2.68. The van der Waals surface area contributed by atoms with Crippen molar-refractivity contribution < 1.29 is 9.53 Å². The second-order valence-corrected chi connectivity index (χ2v) is 6.32. The fourth-order valence-corrected chi connectivity index (χ4v) is 2.25.